The van der Waals surface area contributed by atoms with Gasteiger partial charge in [0.15, 0.2) is 0 Å². The van der Waals surface area contributed by atoms with Crippen LogP contribution in [0.25, 0.3) is 0 Å². The van der Waals surface area contributed by atoms with E-state index in [1.165, 1.54) is 135 Å². The van der Waals surface area contributed by atoms with Crippen LogP contribution in [0.15, 0.2) is 0 Å². The van der Waals surface area contributed by atoms with Crippen molar-refractivity contribution in [1.82, 2.24) is 4.90 Å². The molecule has 1 rings (SSSR count). The number of ether oxygens (including phenoxy) is 1. The lowest BCUT2D eigenvalue weighted by Crippen LogP contribution is -2.52. The summed E-state index contributed by atoms with van der Waals surface area (Å²) in [4.78, 5) is 15.8. The van der Waals surface area contributed by atoms with Crippen molar-refractivity contribution < 1.29 is 14.6 Å². The van der Waals surface area contributed by atoms with Gasteiger partial charge < -0.3 is 9.84 Å². The molecule has 4 nitrogen and oxygen atoms in total. The molecule has 0 aromatic rings. The highest BCUT2D eigenvalue weighted by atomic mass is 16.5. The molecular formula is C36H71NO3. The van der Waals surface area contributed by atoms with Crippen molar-refractivity contribution in [2.75, 3.05) is 26.3 Å². The van der Waals surface area contributed by atoms with E-state index < -0.39 is 0 Å². The molecule has 1 aliphatic rings. The third-order valence-corrected chi connectivity index (χ3v) is 9.50. The molecule has 1 saturated heterocycles. The van der Waals surface area contributed by atoms with E-state index in [0.717, 1.165) is 45.1 Å². The summed E-state index contributed by atoms with van der Waals surface area (Å²) in [6.07, 6.45) is 32.1. The van der Waals surface area contributed by atoms with Crippen molar-refractivity contribution in [3.8, 4) is 0 Å². The van der Waals surface area contributed by atoms with E-state index in [1.807, 2.05) is 0 Å². The second-order valence-electron chi connectivity index (χ2n) is 13.0. The van der Waals surface area contributed by atoms with Crippen molar-refractivity contribution in [3.63, 3.8) is 0 Å². The van der Waals surface area contributed by atoms with Crippen molar-refractivity contribution >= 4 is 5.97 Å². The number of rotatable bonds is 28. The minimum Gasteiger partial charge on any atom is -0.465 e. The molecule has 0 radical (unpaired) electrons. The molecule has 0 spiro atoms. The quantitative estimate of drug-likeness (QED) is 0.0757. The predicted octanol–water partition coefficient (Wildman–Crippen LogP) is 10.4. The molecule has 0 aliphatic carbocycles. The van der Waals surface area contributed by atoms with Crippen LogP contribution >= 0.6 is 0 Å². The Labute approximate surface area is 250 Å². The first-order chi connectivity index (χ1) is 19.6. The Balaban J connectivity index is 2.48. The molecule has 2 unspecified atom stereocenters. The third kappa shape index (κ3) is 17.4. The predicted molar refractivity (Wildman–Crippen MR) is 173 cm³/mol. The van der Waals surface area contributed by atoms with Crippen LogP contribution in [0.4, 0.5) is 0 Å². The van der Waals surface area contributed by atoms with Gasteiger partial charge in [-0.15, -0.1) is 0 Å². The minimum atomic E-state index is 0.0831. The van der Waals surface area contributed by atoms with Gasteiger partial charge in [0.2, 0.25) is 0 Å². The topological polar surface area (TPSA) is 49.8 Å². The first-order valence-corrected chi connectivity index (χ1v) is 18.2. The molecule has 238 valence electrons. The van der Waals surface area contributed by atoms with E-state index in [2.05, 4.69) is 25.7 Å². The third-order valence-electron chi connectivity index (χ3n) is 9.50. The summed E-state index contributed by atoms with van der Waals surface area (Å²) in [6.45, 7) is 10.1. The highest BCUT2D eigenvalue weighted by molar-refractivity contribution is 5.72. The maximum absolute atomic E-state index is 13.0. The van der Waals surface area contributed by atoms with E-state index in [-0.39, 0.29) is 11.9 Å². The summed E-state index contributed by atoms with van der Waals surface area (Å²) in [5.41, 5.74) is 0.360. The molecular weight excluding hydrogens is 494 g/mol. The number of nitrogens with zero attached hydrogens (tertiary/aromatic N) is 1. The molecule has 4 heteroatoms. The largest absolute Gasteiger partial charge is 0.465 e. The summed E-state index contributed by atoms with van der Waals surface area (Å²) < 4.78 is 5.88. The SMILES string of the molecule is CCCCCCCCC(CCCCCC)C(=O)OCCCCCC1(CCCCCC)CCCCN1CCCCO. The molecule has 2 atom stereocenters. The monoisotopic (exact) mass is 566 g/mol. The molecule has 0 bridgehead atoms. The summed E-state index contributed by atoms with van der Waals surface area (Å²) in [7, 11) is 0. The number of unbranched alkanes of at least 4 members (excludes halogenated alkanes) is 14. The lowest BCUT2D eigenvalue weighted by atomic mass is 9.78. The van der Waals surface area contributed by atoms with Gasteiger partial charge in [-0.05, 0) is 77.3 Å². The summed E-state index contributed by atoms with van der Waals surface area (Å²) in [5, 5.41) is 9.32. The molecule has 0 aromatic heterocycles. The number of hydrogen-bond acceptors (Lipinski definition) is 4. The normalized spacial score (nSPS) is 18.7. The zero-order valence-electron chi connectivity index (χ0n) is 27.5. The first kappa shape index (κ1) is 37.4. The lowest BCUT2D eigenvalue weighted by molar-refractivity contribution is -0.149. The number of carbonyl (C=O) groups is 1. The highest BCUT2D eigenvalue weighted by Crippen LogP contribution is 2.38. The van der Waals surface area contributed by atoms with Gasteiger partial charge in [0.1, 0.15) is 0 Å². The van der Waals surface area contributed by atoms with E-state index in [1.54, 1.807) is 0 Å². The Kier molecular flexibility index (Phi) is 24.4. The average Bonchev–Trinajstić information content (AvgIpc) is 2.97. The van der Waals surface area contributed by atoms with Crippen LogP contribution < -0.4 is 0 Å². The van der Waals surface area contributed by atoms with Crippen LogP contribution in [0.5, 0.6) is 0 Å². The van der Waals surface area contributed by atoms with Gasteiger partial charge in [-0.25, -0.2) is 0 Å². The number of likely N-dealkylation sites (tertiary alicyclic amines) is 1. The zero-order chi connectivity index (χ0) is 29.2. The first-order valence-electron chi connectivity index (χ1n) is 18.2. The maximum atomic E-state index is 13.0. The van der Waals surface area contributed by atoms with Crippen LogP contribution in [0.3, 0.4) is 0 Å². The minimum absolute atomic E-state index is 0.0831. The van der Waals surface area contributed by atoms with Crippen LogP contribution in [0.1, 0.15) is 188 Å². The van der Waals surface area contributed by atoms with Crippen molar-refractivity contribution in [3.05, 3.63) is 0 Å². The maximum Gasteiger partial charge on any atom is 0.308 e. The highest BCUT2D eigenvalue weighted by Gasteiger charge is 2.37. The van der Waals surface area contributed by atoms with Gasteiger partial charge in [0.05, 0.1) is 12.5 Å². The van der Waals surface area contributed by atoms with Gasteiger partial charge in [-0.2, -0.15) is 0 Å². The fourth-order valence-corrected chi connectivity index (χ4v) is 6.88. The molecule has 1 N–H and O–H groups in total. The Bertz CT molecular complexity index is 568. The van der Waals surface area contributed by atoms with Crippen LogP contribution in [-0.4, -0.2) is 47.8 Å². The van der Waals surface area contributed by atoms with Gasteiger partial charge in [0.25, 0.3) is 0 Å². The Morgan fingerprint density at radius 3 is 1.88 bits per heavy atom. The number of aliphatic hydroxyl groups is 1. The van der Waals surface area contributed by atoms with Crippen LogP contribution in [-0.2, 0) is 9.53 Å². The molecule has 0 aromatic carbocycles. The van der Waals surface area contributed by atoms with E-state index in [4.69, 9.17) is 4.74 Å². The summed E-state index contributed by atoms with van der Waals surface area (Å²) >= 11 is 0. The number of esters is 1. The van der Waals surface area contributed by atoms with Crippen molar-refractivity contribution in [1.29, 1.82) is 0 Å². The number of aliphatic hydroxyl groups excluding tert-OH is 1. The second kappa shape index (κ2) is 26.1. The lowest BCUT2D eigenvalue weighted by Gasteiger charge is -2.48. The van der Waals surface area contributed by atoms with Gasteiger partial charge >= 0.3 is 5.97 Å². The Morgan fingerprint density at radius 1 is 0.700 bits per heavy atom. The number of piperidine rings is 1. The average molecular weight is 566 g/mol. The second-order valence-corrected chi connectivity index (χ2v) is 13.0. The molecule has 0 saturated carbocycles. The van der Waals surface area contributed by atoms with Crippen molar-refractivity contribution in [2.45, 2.75) is 193 Å². The van der Waals surface area contributed by atoms with Gasteiger partial charge in [-0.3, -0.25) is 9.69 Å². The van der Waals surface area contributed by atoms with E-state index >= 15 is 0 Å². The van der Waals surface area contributed by atoms with E-state index in [9.17, 15) is 9.90 Å². The Morgan fingerprint density at radius 2 is 1.25 bits per heavy atom. The zero-order valence-corrected chi connectivity index (χ0v) is 27.5. The number of hydrogen-bond donors (Lipinski definition) is 1. The van der Waals surface area contributed by atoms with Crippen LogP contribution in [0, 0.1) is 5.92 Å². The van der Waals surface area contributed by atoms with Crippen LogP contribution in [0.2, 0.25) is 0 Å². The molecule has 1 fully saturated rings. The van der Waals surface area contributed by atoms with Gasteiger partial charge in [0, 0.05) is 12.1 Å². The molecule has 0 amide bonds. The molecule has 1 aliphatic heterocycles. The summed E-state index contributed by atoms with van der Waals surface area (Å²) in [5.74, 6) is 0.198. The fourth-order valence-electron chi connectivity index (χ4n) is 6.88. The molecule has 1 heterocycles. The fraction of sp³-hybridized carbons (Fsp3) is 0.972. The summed E-state index contributed by atoms with van der Waals surface area (Å²) in [6, 6.07) is 0. The standard InChI is InChI=1S/C36H71NO3/c1-4-7-10-13-14-17-26-34(25-16-11-8-5-2)35(39)40-33-24-15-19-28-36(27-18-12-9-6-3)29-20-21-30-37(36)31-22-23-32-38/h34,38H,4-33H2,1-3H3. The smallest absolute Gasteiger partial charge is 0.308 e. The van der Waals surface area contributed by atoms with Gasteiger partial charge in [-0.1, -0.05) is 124 Å². The number of carbonyl (C=O) groups excluding carboxylic acids is 1. The van der Waals surface area contributed by atoms with Crippen molar-refractivity contribution in [2.24, 2.45) is 5.92 Å². The molecule has 40 heavy (non-hydrogen) atoms. The van der Waals surface area contributed by atoms with E-state index in [0.29, 0.717) is 18.8 Å². The Hall–Kier alpha value is -0.610.